The van der Waals surface area contributed by atoms with Gasteiger partial charge >= 0.3 is 0 Å². The fourth-order valence-corrected chi connectivity index (χ4v) is 2.80. The summed E-state index contributed by atoms with van der Waals surface area (Å²) in [5.41, 5.74) is 4.08. The van der Waals surface area contributed by atoms with Crippen LogP contribution >= 0.6 is 0 Å². The second-order valence-corrected chi connectivity index (χ2v) is 5.21. The van der Waals surface area contributed by atoms with Gasteiger partial charge in [0.25, 0.3) is 0 Å². The molecule has 94 valence electrons. The molecule has 2 aromatic rings. The van der Waals surface area contributed by atoms with E-state index < -0.39 is 0 Å². The Kier molecular flexibility index (Phi) is 3.22. The molecule has 1 aliphatic rings. The van der Waals surface area contributed by atoms with Crippen molar-refractivity contribution in [2.45, 2.75) is 45.4 Å². The topological polar surface area (TPSA) is 13.1 Å². The van der Waals surface area contributed by atoms with Crippen LogP contribution in [0.1, 0.15) is 49.5 Å². The molecule has 3 rings (SSSR count). The predicted molar refractivity (Wildman–Crippen MR) is 74.8 cm³/mol. The van der Waals surface area contributed by atoms with E-state index in [1.54, 1.807) is 0 Å². The second-order valence-electron chi connectivity index (χ2n) is 5.21. The Labute approximate surface area is 109 Å². The fraction of sp³-hybridized carbons (Fsp3) is 0.412. The second kappa shape index (κ2) is 5.01. The van der Waals surface area contributed by atoms with Crippen LogP contribution < -0.4 is 0 Å². The third-order valence-electron chi connectivity index (χ3n) is 3.78. The molecule has 18 heavy (non-hydrogen) atoms. The van der Waals surface area contributed by atoms with Crippen LogP contribution in [0.3, 0.4) is 0 Å². The SMILES string of the molecule is CCCCCCc1cc2c(o1)-c1ccccc1C2. The Morgan fingerprint density at radius 1 is 1.06 bits per heavy atom. The predicted octanol–water partition coefficient (Wildman–Crippen LogP) is 4.97. The zero-order valence-electron chi connectivity index (χ0n) is 11.0. The van der Waals surface area contributed by atoms with E-state index in [9.17, 15) is 0 Å². The lowest BCUT2D eigenvalue weighted by Gasteiger charge is -1.99. The summed E-state index contributed by atoms with van der Waals surface area (Å²) in [5.74, 6) is 2.29. The first kappa shape index (κ1) is 11.6. The minimum atomic E-state index is 1.05. The van der Waals surface area contributed by atoms with Crippen molar-refractivity contribution in [3.8, 4) is 11.3 Å². The molecular formula is C17H20O. The van der Waals surface area contributed by atoms with Gasteiger partial charge in [0, 0.05) is 24.0 Å². The van der Waals surface area contributed by atoms with Gasteiger partial charge in [0.1, 0.15) is 11.5 Å². The van der Waals surface area contributed by atoms with Crippen LogP contribution in [-0.2, 0) is 12.8 Å². The molecule has 0 bridgehead atoms. The molecule has 0 atom stereocenters. The zero-order valence-corrected chi connectivity index (χ0v) is 11.0. The molecule has 1 nitrogen and oxygen atoms in total. The number of furan rings is 1. The molecule has 1 aromatic heterocycles. The van der Waals surface area contributed by atoms with Crippen LogP contribution in [0.4, 0.5) is 0 Å². The van der Waals surface area contributed by atoms with E-state index in [4.69, 9.17) is 4.42 Å². The van der Waals surface area contributed by atoms with E-state index >= 15 is 0 Å². The normalized spacial score (nSPS) is 12.5. The molecule has 0 saturated carbocycles. The van der Waals surface area contributed by atoms with E-state index in [-0.39, 0.29) is 0 Å². The van der Waals surface area contributed by atoms with Crippen molar-refractivity contribution in [1.82, 2.24) is 0 Å². The lowest BCUT2D eigenvalue weighted by molar-refractivity contribution is 0.506. The van der Waals surface area contributed by atoms with Gasteiger partial charge in [0.15, 0.2) is 0 Å². The van der Waals surface area contributed by atoms with Gasteiger partial charge in [-0.05, 0) is 18.1 Å². The molecule has 0 unspecified atom stereocenters. The third kappa shape index (κ3) is 2.10. The van der Waals surface area contributed by atoms with Crippen LogP contribution in [0.25, 0.3) is 11.3 Å². The van der Waals surface area contributed by atoms with Crippen molar-refractivity contribution in [3.63, 3.8) is 0 Å². The summed E-state index contributed by atoms with van der Waals surface area (Å²) in [6.07, 6.45) is 7.34. The van der Waals surface area contributed by atoms with Crippen molar-refractivity contribution in [2.75, 3.05) is 0 Å². The summed E-state index contributed by atoms with van der Waals surface area (Å²) in [7, 11) is 0. The minimum absolute atomic E-state index is 1.05. The maximum absolute atomic E-state index is 6.03. The van der Waals surface area contributed by atoms with E-state index in [0.717, 1.165) is 18.6 Å². The number of fused-ring (bicyclic) bond motifs is 3. The summed E-state index contributed by atoms with van der Waals surface area (Å²) in [6, 6.07) is 10.8. The molecule has 0 spiro atoms. The molecule has 0 aliphatic heterocycles. The monoisotopic (exact) mass is 240 g/mol. The number of benzene rings is 1. The largest absolute Gasteiger partial charge is 0.461 e. The Bertz CT molecular complexity index is 536. The lowest BCUT2D eigenvalue weighted by atomic mass is 10.1. The Morgan fingerprint density at radius 3 is 2.83 bits per heavy atom. The Hall–Kier alpha value is -1.50. The molecule has 0 N–H and O–H groups in total. The first-order valence-corrected chi connectivity index (χ1v) is 7.08. The fourth-order valence-electron chi connectivity index (χ4n) is 2.80. The molecule has 1 heteroatoms. The zero-order chi connectivity index (χ0) is 12.4. The first-order valence-electron chi connectivity index (χ1n) is 7.08. The summed E-state index contributed by atoms with van der Waals surface area (Å²) in [6.45, 7) is 2.25. The lowest BCUT2D eigenvalue weighted by Crippen LogP contribution is -1.84. The van der Waals surface area contributed by atoms with E-state index in [1.807, 2.05) is 0 Å². The third-order valence-corrected chi connectivity index (χ3v) is 3.78. The smallest absolute Gasteiger partial charge is 0.138 e. The van der Waals surface area contributed by atoms with Crippen molar-refractivity contribution in [1.29, 1.82) is 0 Å². The van der Waals surface area contributed by atoms with Gasteiger partial charge in [0.2, 0.25) is 0 Å². The van der Waals surface area contributed by atoms with Crippen LogP contribution in [0, 0.1) is 0 Å². The van der Waals surface area contributed by atoms with Crippen LogP contribution in [-0.4, -0.2) is 0 Å². The van der Waals surface area contributed by atoms with E-state index in [0.29, 0.717) is 0 Å². The number of hydrogen-bond donors (Lipinski definition) is 0. The number of rotatable bonds is 5. The number of hydrogen-bond acceptors (Lipinski definition) is 1. The van der Waals surface area contributed by atoms with Gasteiger partial charge < -0.3 is 4.42 Å². The summed E-state index contributed by atoms with van der Waals surface area (Å²) >= 11 is 0. The van der Waals surface area contributed by atoms with E-state index in [1.165, 1.54) is 48.1 Å². The van der Waals surface area contributed by atoms with Gasteiger partial charge in [0.05, 0.1) is 0 Å². The highest BCUT2D eigenvalue weighted by Gasteiger charge is 2.22. The van der Waals surface area contributed by atoms with Crippen LogP contribution in [0.2, 0.25) is 0 Å². The van der Waals surface area contributed by atoms with Gasteiger partial charge in [-0.25, -0.2) is 0 Å². The molecule has 1 aliphatic carbocycles. The van der Waals surface area contributed by atoms with Crippen LogP contribution in [0.5, 0.6) is 0 Å². The summed E-state index contributed by atoms with van der Waals surface area (Å²) in [4.78, 5) is 0. The summed E-state index contributed by atoms with van der Waals surface area (Å²) in [5, 5.41) is 0. The molecule has 0 saturated heterocycles. The molecule has 1 aromatic carbocycles. The highest BCUT2D eigenvalue weighted by atomic mass is 16.3. The van der Waals surface area contributed by atoms with Gasteiger partial charge in [-0.15, -0.1) is 0 Å². The highest BCUT2D eigenvalue weighted by Crippen LogP contribution is 2.38. The van der Waals surface area contributed by atoms with Crippen molar-refractivity contribution >= 4 is 0 Å². The van der Waals surface area contributed by atoms with Gasteiger partial charge in [-0.1, -0.05) is 50.5 Å². The first-order chi connectivity index (χ1) is 8.88. The maximum atomic E-state index is 6.03. The average molecular weight is 240 g/mol. The summed E-state index contributed by atoms with van der Waals surface area (Å²) < 4.78 is 6.03. The molecule has 1 heterocycles. The molecular weight excluding hydrogens is 220 g/mol. The van der Waals surface area contributed by atoms with Crippen LogP contribution in [0.15, 0.2) is 34.7 Å². The van der Waals surface area contributed by atoms with Crippen molar-refractivity contribution < 1.29 is 4.42 Å². The van der Waals surface area contributed by atoms with E-state index in [2.05, 4.69) is 37.3 Å². The Morgan fingerprint density at radius 2 is 1.94 bits per heavy atom. The minimum Gasteiger partial charge on any atom is -0.461 e. The molecule has 0 radical (unpaired) electrons. The maximum Gasteiger partial charge on any atom is 0.138 e. The highest BCUT2D eigenvalue weighted by molar-refractivity contribution is 5.72. The quantitative estimate of drug-likeness (QED) is 0.574. The van der Waals surface area contributed by atoms with Gasteiger partial charge in [-0.2, -0.15) is 0 Å². The van der Waals surface area contributed by atoms with Crippen molar-refractivity contribution in [3.05, 3.63) is 47.2 Å². The average Bonchev–Trinajstić information content (AvgIpc) is 2.91. The number of unbranched alkanes of at least 4 members (excludes halogenated alkanes) is 3. The van der Waals surface area contributed by atoms with Crippen molar-refractivity contribution in [2.24, 2.45) is 0 Å². The van der Waals surface area contributed by atoms with Gasteiger partial charge in [-0.3, -0.25) is 0 Å². The standard InChI is InChI=1S/C17H20O/c1-2-3-4-5-9-15-12-14-11-13-8-6-7-10-16(13)17(14)18-15/h6-8,10,12H,2-5,9,11H2,1H3. The number of aryl methyl sites for hydroxylation is 1. The molecule has 0 amide bonds. The molecule has 0 fully saturated rings. The Balaban J connectivity index is 1.72.